The van der Waals surface area contributed by atoms with E-state index in [2.05, 4.69) is 150 Å². The van der Waals surface area contributed by atoms with Crippen LogP contribution >= 0.6 is 0 Å². The van der Waals surface area contributed by atoms with E-state index < -0.39 is 0 Å². The highest BCUT2D eigenvalue weighted by molar-refractivity contribution is 6.19. The zero-order valence-electron chi connectivity index (χ0n) is 23.5. The molecule has 0 spiro atoms. The van der Waals surface area contributed by atoms with Gasteiger partial charge in [0.1, 0.15) is 11.2 Å². The molecule has 2 heterocycles. The fourth-order valence-electron chi connectivity index (χ4n) is 6.86. The van der Waals surface area contributed by atoms with Gasteiger partial charge in [0.05, 0.1) is 11.0 Å². The van der Waals surface area contributed by atoms with E-state index in [1.54, 1.807) is 0 Å². The van der Waals surface area contributed by atoms with Crippen molar-refractivity contribution < 1.29 is 4.42 Å². The minimum absolute atomic E-state index is 0.800. The van der Waals surface area contributed by atoms with Crippen LogP contribution in [0.1, 0.15) is 11.1 Å². The number of aromatic nitrogens is 1. The van der Waals surface area contributed by atoms with Crippen molar-refractivity contribution >= 4 is 54.5 Å². The largest absolute Gasteiger partial charge is 0.456 e. The molecule has 0 atom stereocenters. The van der Waals surface area contributed by atoms with Gasteiger partial charge in [0.25, 0.3) is 0 Å². The Morgan fingerprint density at radius 3 is 1.91 bits per heavy atom. The molecule has 0 saturated carbocycles. The van der Waals surface area contributed by atoms with Crippen molar-refractivity contribution in [1.29, 1.82) is 0 Å². The Morgan fingerprint density at radius 2 is 1.14 bits per heavy atom. The Hall–Kier alpha value is -5.60. The molecule has 0 saturated heterocycles. The summed E-state index contributed by atoms with van der Waals surface area (Å²) in [6, 6.07) is 54.5. The molecule has 9 aromatic rings. The lowest BCUT2D eigenvalue weighted by molar-refractivity contribution is 0.664. The summed E-state index contributed by atoms with van der Waals surface area (Å²) in [6.45, 7) is 0. The molecular weight excluding hydrogens is 522 g/mol. The maximum absolute atomic E-state index is 6.49. The van der Waals surface area contributed by atoms with E-state index in [1.165, 1.54) is 71.3 Å². The van der Waals surface area contributed by atoms with Gasteiger partial charge >= 0.3 is 0 Å². The van der Waals surface area contributed by atoms with Gasteiger partial charge in [-0.3, -0.25) is 0 Å². The first-order valence-electron chi connectivity index (χ1n) is 14.8. The van der Waals surface area contributed by atoms with Gasteiger partial charge in [-0.15, -0.1) is 0 Å². The summed E-state index contributed by atoms with van der Waals surface area (Å²) < 4.78 is 8.85. The summed E-state index contributed by atoms with van der Waals surface area (Å²) in [7, 11) is 0. The van der Waals surface area contributed by atoms with Gasteiger partial charge in [0, 0.05) is 39.2 Å². The lowest BCUT2D eigenvalue weighted by atomic mass is 9.95. The minimum atomic E-state index is 0.800. The third-order valence-electron chi connectivity index (χ3n) is 8.81. The topological polar surface area (TPSA) is 18.1 Å². The van der Waals surface area contributed by atoms with E-state index in [0.29, 0.717) is 0 Å². The molecule has 0 fully saturated rings. The van der Waals surface area contributed by atoms with Gasteiger partial charge in [-0.25, -0.2) is 0 Å². The molecule has 0 N–H and O–H groups in total. The highest BCUT2D eigenvalue weighted by Crippen LogP contribution is 2.38. The number of rotatable bonds is 4. The van der Waals surface area contributed by atoms with Gasteiger partial charge in [0.15, 0.2) is 0 Å². The van der Waals surface area contributed by atoms with Crippen LogP contribution < -0.4 is 0 Å². The second-order valence-corrected chi connectivity index (χ2v) is 11.4. The fourth-order valence-corrected chi connectivity index (χ4v) is 6.86. The maximum atomic E-state index is 6.49. The summed E-state index contributed by atoms with van der Waals surface area (Å²) in [6.07, 6.45) is 0.800. The molecule has 2 nitrogen and oxygen atoms in total. The molecule has 0 aliphatic rings. The quantitative estimate of drug-likeness (QED) is 0.213. The number of nitrogens with zero attached hydrogens (tertiary/aromatic N) is 1. The molecular formula is C41H27NO. The Morgan fingerprint density at radius 1 is 0.488 bits per heavy atom. The molecule has 0 amide bonds. The van der Waals surface area contributed by atoms with Crippen LogP contribution in [0, 0.1) is 0 Å². The van der Waals surface area contributed by atoms with Crippen LogP contribution in [0.5, 0.6) is 0 Å². The lowest BCUT2D eigenvalue weighted by Gasteiger charge is -2.11. The van der Waals surface area contributed by atoms with Crippen molar-refractivity contribution in [3.63, 3.8) is 0 Å². The number of para-hydroxylation sites is 3. The van der Waals surface area contributed by atoms with Gasteiger partial charge in [-0.1, -0.05) is 115 Å². The molecule has 202 valence electrons. The zero-order valence-corrected chi connectivity index (χ0v) is 23.5. The van der Waals surface area contributed by atoms with Crippen molar-refractivity contribution in [2.75, 3.05) is 0 Å². The molecule has 43 heavy (non-hydrogen) atoms. The first-order chi connectivity index (χ1) is 21.3. The average Bonchev–Trinajstić information content (AvgIpc) is 3.62. The average molecular weight is 550 g/mol. The maximum Gasteiger partial charge on any atom is 0.139 e. The second-order valence-electron chi connectivity index (χ2n) is 11.4. The Kier molecular flexibility index (Phi) is 5.30. The van der Waals surface area contributed by atoms with E-state index >= 15 is 0 Å². The highest BCUT2D eigenvalue weighted by Gasteiger charge is 2.16. The third-order valence-corrected chi connectivity index (χ3v) is 8.81. The van der Waals surface area contributed by atoms with Gasteiger partial charge in [0.2, 0.25) is 0 Å². The first-order valence-corrected chi connectivity index (χ1v) is 14.8. The van der Waals surface area contributed by atoms with Crippen molar-refractivity contribution in [2.45, 2.75) is 6.42 Å². The molecule has 9 rings (SSSR count). The predicted molar refractivity (Wildman–Crippen MR) is 180 cm³/mol. The highest BCUT2D eigenvalue weighted by atomic mass is 16.3. The van der Waals surface area contributed by atoms with Gasteiger partial charge < -0.3 is 8.98 Å². The smallest absolute Gasteiger partial charge is 0.139 e. The fraction of sp³-hybridized carbons (Fsp3) is 0.0244. The van der Waals surface area contributed by atoms with Gasteiger partial charge in [-0.2, -0.15) is 0 Å². The van der Waals surface area contributed by atoms with Crippen molar-refractivity contribution in [3.8, 4) is 16.8 Å². The molecule has 2 aromatic heterocycles. The predicted octanol–water partition coefficient (Wildman–Crippen LogP) is 11.1. The van der Waals surface area contributed by atoms with E-state index in [1.807, 2.05) is 6.07 Å². The number of hydrogen-bond acceptors (Lipinski definition) is 1. The first kappa shape index (κ1) is 24.0. The van der Waals surface area contributed by atoms with Crippen LogP contribution in [0.2, 0.25) is 0 Å². The molecule has 0 unspecified atom stereocenters. The summed E-state index contributed by atoms with van der Waals surface area (Å²) >= 11 is 0. The van der Waals surface area contributed by atoms with Crippen LogP contribution in [0.4, 0.5) is 0 Å². The Balaban J connectivity index is 1.11. The molecule has 7 aromatic carbocycles. The SMILES string of the molecule is c1cc(Cc2cc3ccccc3c3c2oc2ccccc23)cc(-c2ccc(-n3c4ccccc4c4ccccc43)cc2)c1. The van der Waals surface area contributed by atoms with Crippen LogP contribution in [-0.2, 0) is 6.42 Å². The summed E-state index contributed by atoms with van der Waals surface area (Å²) in [5, 5.41) is 7.43. The summed E-state index contributed by atoms with van der Waals surface area (Å²) in [5.74, 6) is 0. The van der Waals surface area contributed by atoms with Crippen LogP contribution in [0.25, 0.3) is 71.3 Å². The standard InChI is InChI=1S/C41H27NO/c1-2-13-33-30(11-1)26-31(41-40(33)36-16-5-8-19-39(36)43-41)25-27-10-9-12-29(24-27)28-20-22-32(23-21-28)42-37-17-6-3-14-34(37)35-15-4-7-18-38(35)42/h1-24,26H,25H2. The van der Waals surface area contributed by atoms with Crippen LogP contribution in [0.15, 0.2) is 156 Å². The Labute approximate surface area is 249 Å². The van der Waals surface area contributed by atoms with Crippen molar-refractivity contribution in [3.05, 3.63) is 163 Å². The van der Waals surface area contributed by atoms with E-state index in [4.69, 9.17) is 4.42 Å². The number of benzene rings is 7. The normalized spacial score (nSPS) is 11.8. The Bertz CT molecular complexity index is 2420. The lowest BCUT2D eigenvalue weighted by Crippen LogP contribution is -1.94. The number of hydrogen-bond donors (Lipinski definition) is 0. The van der Waals surface area contributed by atoms with Crippen LogP contribution in [0.3, 0.4) is 0 Å². The monoisotopic (exact) mass is 549 g/mol. The van der Waals surface area contributed by atoms with E-state index in [-0.39, 0.29) is 0 Å². The summed E-state index contributed by atoms with van der Waals surface area (Å²) in [4.78, 5) is 0. The second kappa shape index (κ2) is 9.47. The zero-order chi connectivity index (χ0) is 28.3. The van der Waals surface area contributed by atoms with E-state index in [0.717, 1.165) is 17.6 Å². The van der Waals surface area contributed by atoms with Gasteiger partial charge in [-0.05, 0) is 63.9 Å². The molecule has 0 aliphatic carbocycles. The van der Waals surface area contributed by atoms with E-state index in [9.17, 15) is 0 Å². The number of fused-ring (bicyclic) bond motifs is 8. The number of furan rings is 1. The molecule has 2 heteroatoms. The summed E-state index contributed by atoms with van der Waals surface area (Å²) in [5.41, 5.74) is 10.4. The minimum Gasteiger partial charge on any atom is -0.456 e. The van der Waals surface area contributed by atoms with Crippen molar-refractivity contribution in [1.82, 2.24) is 4.57 Å². The van der Waals surface area contributed by atoms with Crippen molar-refractivity contribution in [2.24, 2.45) is 0 Å². The molecule has 0 aliphatic heterocycles. The van der Waals surface area contributed by atoms with Crippen LogP contribution in [-0.4, -0.2) is 4.57 Å². The molecule has 0 radical (unpaired) electrons. The molecule has 0 bridgehead atoms. The third kappa shape index (κ3) is 3.80.